The summed E-state index contributed by atoms with van der Waals surface area (Å²) >= 11 is 11.2. The van der Waals surface area contributed by atoms with Crippen molar-refractivity contribution in [3.05, 3.63) is 58.6 Å². The Morgan fingerprint density at radius 1 is 1.00 bits per heavy atom. The fraction of sp³-hybridized carbons (Fsp3) is 0.0714. The molecule has 2 aromatic rings. The Kier molecular flexibility index (Phi) is 4.06. The Labute approximate surface area is 122 Å². The van der Waals surface area contributed by atoms with Gasteiger partial charge in [-0.2, -0.15) is 13.2 Å². The molecular weight excluding hydrogens is 312 g/mol. The number of halogens is 5. The van der Waals surface area contributed by atoms with Crippen LogP contribution in [0.4, 0.5) is 13.2 Å². The monoisotopic (exact) mass is 318 g/mol. The lowest BCUT2D eigenvalue weighted by Crippen LogP contribution is -2.08. The molecule has 0 bridgehead atoms. The van der Waals surface area contributed by atoms with Crippen LogP contribution in [0.2, 0.25) is 5.02 Å². The lowest BCUT2D eigenvalue weighted by atomic mass is 9.95. The van der Waals surface area contributed by atoms with Crippen LogP contribution in [-0.4, -0.2) is 5.24 Å². The van der Waals surface area contributed by atoms with Crippen molar-refractivity contribution in [3.63, 3.8) is 0 Å². The van der Waals surface area contributed by atoms with Crippen LogP contribution in [-0.2, 0) is 6.18 Å². The highest BCUT2D eigenvalue weighted by Crippen LogP contribution is 2.39. The predicted octanol–water partition coefficient (Wildman–Crippen LogP) is 5.40. The number of hydrogen-bond acceptors (Lipinski definition) is 1. The minimum atomic E-state index is -4.54. The Bertz CT molecular complexity index is 666. The largest absolute Gasteiger partial charge is 0.417 e. The van der Waals surface area contributed by atoms with E-state index < -0.39 is 17.0 Å². The third-order valence-electron chi connectivity index (χ3n) is 2.72. The first-order valence-corrected chi connectivity index (χ1v) is 6.22. The maximum atomic E-state index is 13.0. The van der Waals surface area contributed by atoms with Crippen molar-refractivity contribution in [3.8, 4) is 11.1 Å². The molecule has 0 amide bonds. The third-order valence-corrected chi connectivity index (χ3v) is 3.15. The summed E-state index contributed by atoms with van der Waals surface area (Å²) in [5.41, 5.74) is -0.939. The van der Waals surface area contributed by atoms with E-state index in [1.165, 1.54) is 36.4 Å². The van der Waals surface area contributed by atoms with E-state index in [9.17, 15) is 18.0 Å². The van der Waals surface area contributed by atoms with E-state index in [0.29, 0.717) is 0 Å². The molecule has 6 heteroatoms. The maximum absolute atomic E-state index is 13.0. The minimum absolute atomic E-state index is 0.0206. The lowest BCUT2D eigenvalue weighted by molar-refractivity contribution is -0.137. The van der Waals surface area contributed by atoms with Gasteiger partial charge in [0.05, 0.1) is 5.56 Å². The number of alkyl halides is 3. The molecule has 0 fully saturated rings. The topological polar surface area (TPSA) is 17.1 Å². The Balaban J connectivity index is 2.75. The molecule has 0 saturated carbocycles. The average Bonchev–Trinajstić information content (AvgIpc) is 2.37. The molecule has 0 N–H and O–H groups in total. The van der Waals surface area contributed by atoms with E-state index in [1.807, 2.05) is 0 Å². The van der Waals surface area contributed by atoms with Crippen LogP contribution in [0.25, 0.3) is 11.1 Å². The molecule has 0 atom stereocenters. The third kappa shape index (κ3) is 2.97. The van der Waals surface area contributed by atoms with Crippen LogP contribution in [0.3, 0.4) is 0 Å². The molecule has 0 unspecified atom stereocenters. The number of hydrogen-bond donors (Lipinski definition) is 0. The van der Waals surface area contributed by atoms with Crippen LogP contribution >= 0.6 is 23.2 Å². The molecule has 0 aromatic heterocycles. The molecule has 1 nitrogen and oxygen atoms in total. The van der Waals surface area contributed by atoms with Gasteiger partial charge in [0.1, 0.15) is 0 Å². The van der Waals surface area contributed by atoms with Crippen molar-refractivity contribution in [1.29, 1.82) is 0 Å². The van der Waals surface area contributed by atoms with E-state index in [1.54, 1.807) is 0 Å². The van der Waals surface area contributed by atoms with Gasteiger partial charge in [0.15, 0.2) is 0 Å². The summed E-state index contributed by atoms with van der Waals surface area (Å²) in [4.78, 5) is 11.4. The highest BCUT2D eigenvalue weighted by molar-refractivity contribution is 6.68. The number of carbonyl (C=O) groups is 1. The smallest absolute Gasteiger partial charge is 0.276 e. The van der Waals surface area contributed by atoms with Crippen LogP contribution in [0.1, 0.15) is 15.9 Å². The number of rotatable bonds is 2. The van der Waals surface area contributed by atoms with Crippen molar-refractivity contribution in [2.24, 2.45) is 0 Å². The zero-order chi connectivity index (χ0) is 14.9. The van der Waals surface area contributed by atoms with E-state index >= 15 is 0 Å². The maximum Gasteiger partial charge on any atom is 0.417 e. The van der Waals surface area contributed by atoms with Crippen molar-refractivity contribution < 1.29 is 18.0 Å². The van der Waals surface area contributed by atoms with Gasteiger partial charge in [-0.1, -0.05) is 29.8 Å². The van der Waals surface area contributed by atoms with Gasteiger partial charge in [0, 0.05) is 10.6 Å². The molecule has 0 aliphatic rings. The molecule has 0 radical (unpaired) electrons. The molecule has 2 rings (SSSR count). The molecule has 0 aliphatic heterocycles. The number of carbonyl (C=O) groups excluding carboxylic acids is 1. The Hall–Kier alpha value is -1.52. The first kappa shape index (κ1) is 14.9. The van der Waals surface area contributed by atoms with Gasteiger partial charge in [-0.3, -0.25) is 4.79 Å². The van der Waals surface area contributed by atoms with E-state index in [0.717, 1.165) is 6.07 Å². The number of benzene rings is 2. The van der Waals surface area contributed by atoms with Crippen LogP contribution in [0.15, 0.2) is 42.5 Å². The molecule has 0 heterocycles. The van der Waals surface area contributed by atoms with E-state index in [4.69, 9.17) is 23.2 Å². The second-order valence-electron chi connectivity index (χ2n) is 4.01. The fourth-order valence-corrected chi connectivity index (χ4v) is 2.21. The van der Waals surface area contributed by atoms with Crippen molar-refractivity contribution >= 4 is 28.4 Å². The fourth-order valence-electron chi connectivity index (χ4n) is 1.88. The van der Waals surface area contributed by atoms with E-state index in [-0.39, 0.29) is 21.7 Å². The van der Waals surface area contributed by atoms with Gasteiger partial charge in [0.2, 0.25) is 0 Å². The molecular formula is C14H7Cl2F3O. The lowest BCUT2D eigenvalue weighted by Gasteiger charge is -2.14. The van der Waals surface area contributed by atoms with Crippen molar-refractivity contribution in [2.75, 3.05) is 0 Å². The molecule has 0 spiro atoms. The standard InChI is InChI=1S/C14H7Cl2F3O/c15-8-5-6-10(13(16)20)11(7-8)9-3-1-2-4-12(9)14(17,18)19/h1-7H. The highest BCUT2D eigenvalue weighted by Gasteiger charge is 2.34. The minimum Gasteiger partial charge on any atom is -0.276 e. The van der Waals surface area contributed by atoms with Crippen LogP contribution in [0.5, 0.6) is 0 Å². The second-order valence-corrected chi connectivity index (χ2v) is 4.79. The summed E-state index contributed by atoms with van der Waals surface area (Å²) in [5.74, 6) is 0. The van der Waals surface area contributed by atoms with Gasteiger partial charge in [-0.05, 0) is 47.0 Å². The molecule has 20 heavy (non-hydrogen) atoms. The molecule has 0 saturated heterocycles. The molecule has 0 aliphatic carbocycles. The normalized spacial score (nSPS) is 11.4. The zero-order valence-electron chi connectivity index (χ0n) is 9.84. The zero-order valence-corrected chi connectivity index (χ0v) is 11.4. The Morgan fingerprint density at radius 3 is 2.25 bits per heavy atom. The summed E-state index contributed by atoms with van der Waals surface area (Å²) in [6, 6.07) is 8.95. The Morgan fingerprint density at radius 2 is 1.65 bits per heavy atom. The quantitative estimate of drug-likeness (QED) is 0.677. The summed E-state index contributed by atoms with van der Waals surface area (Å²) in [7, 11) is 0. The summed E-state index contributed by atoms with van der Waals surface area (Å²) in [5, 5.41) is -0.618. The van der Waals surface area contributed by atoms with E-state index in [2.05, 4.69) is 0 Å². The average molecular weight is 319 g/mol. The first-order valence-electron chi connectivity index (χ1n) is 5.46. The molecule has 104 valence electrons. The van der Waals surface area contributed by atoms with Gasteiger partial charge >= 0.3 is 6.18 Å². The second kappa shape index (κ2) is 5.46. The van der Waals surface area contributed by atoms with Crippen molar-refractivity contribution in [2.45, 2.75) is 6.18 Å². The summed E-state index contributed by atoms with van der Waals surface area (Å²) in [6.45, 7) is 0. The highest BCUT2D eigenvalue weighted by atomic mass is 35.5. The van der Waals surface area contributed by atoms with Gasteiger partial charge < -0.3 is 0 Å². The van der Waals surface area contributed by atoms with Gasteiger partial charge in [-0.25, -0.2) is 0 Å². The van der Waals surface area contributed by atoms with Crippen LogP contribution in [0, 0.1) is 0 Å². The molecule has 2 aromatic carbocycles. The SMILES string of the molecule is O=C(Cl)c1ccc(Cl)cc1-c1ccccc1C(F)(F)F. The summed E-state index contributed by atoms with van der Waals surface area (Å²) < 4.78 is 39.0. The first-order chi connectivity index (χ1) is 9.30. The predicted molar refractivity (Wildman–Crippen MR) is 72.1 cm³/mol. The van der Waals surface area contributed by atoms with Gasteiger partial charge in [-0.15, -0.1) is 0 Å². The summed E-state index contributed by atoms with van der Waals surface area (Å²) in [6.07, 6.45) is -4.54. The van der Waals surface area contributed by atoms with Crippen LogP contribution < -0.4 is 0 Å². The van der Waals surface area contributed by atoms with Gasteiger partial charge in [0.25, 0.3) is 5.24 Å². The van der Waals surface area contributed by atoms with Crippen molar-refractivity contribution in [1.82, 2.24) is 0 Å².